The molecule has 1 fully saturated rings. The highest BCUT2D eigenvalue weighted by atomic mass is 16.6. The van der Waals surface area contributed by atoms with Gasteiger partial charge in [0.2, 0.25) is 5.78 Å². The van der Waals surface area contributed by atoms with Crippen LogP contribution in [0.4, 0.5) is 0 Å². The van der Waals surface area contributed by atoms with Gasteiger partial charge in [0.05, 0.1) is 18.4 Å². The maximum Gasteiger partial charge on any atom is 0.334 e. The van der Waals surface area contributed by atoms with Gasteiger partial charge in [0.25, 0.3) is 0 Å². The lowest BCUT2D eigenvalue weighted by molar-refractivity contribution is -0.161. The molecule has 0 saturated carbocycles. The van der Waals surface area contributed by atoms with Gasteiger partial charge in [-0.25, -0.2) is 4.79 Å². The summed E-state index contributed by atoms with van der Waals surface area (Å²) >= 11 is 0. The molecule has 0 amide bonds. The first-order valence-electron chi connectivity index (χ1n) is 9.07. The highest BCUT2D eigenvalue weighted by Gasteiger charge is 2.52. The van der Waals surface area contributed by atoms with Crippen molar-refractivity contribution in [1.82, 2.24) is 0 Å². The van der Waals surface area contributed by atoms with Crippen molar-refractivity contribution in [1.29, 1.82) is 0 Å². The van der Waals surface area contributed by atoms with E-state index in [0.717, 1.165) is 0 Å². The minimum Gasteiger partial charge on any atom is -0.479 e. The monoisotopic (exact) mass is 376 g/mol. The van der Waals surface area contributed by atoms with E-state index >= 15 is 0 Å². The van der Waals surface area contributed by atoms with E-state index in [9.17, 15) is 19.5 Å². The zero-order valence-electron chi connectivity index (χ0n) is 15.7. The normalized spacial score (nSPS) is 35.6. The highest BCUT2D eigenvalue weighted by Crippen LogP contribution is 2.42. The summed E-state index contributed by atoms with van der Waals surface area (Å²) in [5, 5.41) is 9.71. The zero-order chi connectivity index (χ0) is 19.9. The number of ketones is 1. The highest BCUT2D eigenvalue weighted by molar-refractivity contribution is 6.00. The molecule has 1 saturated heterocycles. The Morgan fingerprint density at radius 2 is 2.19 bits per heavy atom. The first kappa shape index (κ1) is 19.4. The van der Waals surface area contributed by atoms with Gasteiger partial charge in [-0.05, 0) is 19.4 Å². The second kappa shape index (κ2) is 6.96. The van der Waals surface area contributed by atoms with Crippen molar-refractivity contribution in [3.63, 3.8) is 0 Å². The van der Waals surface area contributed by atoms with Crippen LogP contribution in [-0.2, 0) is 28.6 Å². The van der Waals surface area contributed by atoms with Crippen molar-refractivity contribution >= 4 is 17.7 Å². The maximum absolute atomic E-state index is 12.5. The summed E-state index contributed by atoms with van der Waals surface area (Å²) in [5.74, 6) is -2.02. The molecular formula is C20H24O7. The summed E-state index contributed by atoms with van der Waals surface area (Å²) in [6.07, 6.45) is 1.93. The number of carbonyl (C=O) groups excluding carboxylic acids is 3. The van der Waals surface area contributed by atoms with Gasteiger partial charge in [0, 0.05) is 23.6 Å². The van der Waals surface area contributed by atoms with Crippen LogP contribution in [0, 0.1) is 11.8 Å². The van der Waals surface area contributed by atoms with Gasteiger partial charge < -0.3 is 19.3 Å². The number of rotatable bonds is 4. The number of ether oxygens (including phenoxy) is 3. The van der Waals surface area contributed by atoms with Crippen LogP contribution < -0.4 is 0 Å². The first-order chi connectivity index (χ1) is 12.7. The lowest BCUT2D eigenvalue weighted by atomic mass is 9.82. The fourth-order valence-corrected chi connectivity index (χ4v) is 3.54. The topological polar surface area (TPSA) is 99.1 Å². The van der Waals surface area contributed by atoms with Gasteiger partial charge in [-0.2, -0.15) is 0 Å². The molecule has 0 aliphatic carbocycles. The molecule has 7 heteroatoms. The molecule has 3 aliphatic heterocycles. The lowest BCUT2D eigenvalue weighted by Gasteiger charge is -2.32. The van der Waals surface area contributed by atoms with E-state index in [2.05, 4.69) is 6.58 Å². The number of fused-ring (bicyclic) bond motifs is 3. The maximum atomic E-state index is 12.5. The van der Waals surface area contributed by atoms with Gasteiger partial charge in [-0.3, -0.25) is 9.59 Å². The van der Waals surface area contributed by atoms with Crippen LogP contribution in [0.1, 0.15) is 33.6 Å². The molecule has 3 aliphatic rings. The van der Waals surface area contributed by atoms with Crippen LogP contribution in [0.25, 0.3) is 0 Å². The standard InChI is InChI=1S/C20H24O7/c1-5-10(2)18(23)26-15-8-20(4)16(22)7-13(27-20)12(9-21)6-14-17(15)11(3)19(24)25-14/h6-7,10,14-15,17,21H,3,5,8-9H2,1-2,4H3/b12-6-/t10-,14-,15+,17+,20-/m1/s1. The number of hydrogen-bond acceptors (Lipinski definition) is 7. The van der Waals surface area contributed by atoms with E-state index in [4.69, 9.17) is 14.2 Å². The predicted molar refractivity (Wildman–Crippen MR) is 94.2 cm³/mol. The van der Waals surface area contributed by atoms with Crippen molar-refractivity contribution in [2.45, 2.75) is 51.4 Å². The molecule has 0 aromatic rings. The van der Waals surface area contributed by atoms with Crippen LogP contribution in [-0.4, -0.2) is 47.2 Å². The quantitative estimate of drug-likeness (QED) is 0.588. The second-order valence-electron chi connectivity index (χ2n) is 7.47. The van der Waals surface area contributed by atoms with Crippen molar-refractivity contribution in [2.75, 3.05) is 6.61 Å². The van der Waals surface area contributed by atoms with E-state index in [1.54, 1.807) is 19.9 Å². The van der Waals surface area contributed by atoms with E-state index in [0.29, 0.717) is 12.0 Å². The first-order valence-corrected chi connectivity index (χ1v) is 9.07. The van der Waals surface area contributed by atoms with Gasteiger partial charge in [-0.15, -0.1) is 0 Å². The Hall–Kier alpha value is -2.41. The van der Waals surface area contributed by atoms with Crippen molar-refractivity contribution in [2.24, 2.45) is 11.8 Å². The molecule has 0 unspecified atom stereocenters. The fourth-order valence-electron chi connectivity index (χ4n) is 3.54. The zero-order valence-corrected chi connectivity index (χ0v) is 15.7. The summed E-state index contributed by atoms with van der Waals surface area (Å²) < 4.78 is 16.9. The van der Waals surface area contributed by atoms with Crippen molar-refractivity contribution in [3.8, 4) is 0 Å². The van der Waals surface area contributed by atoms with Gasteiger partial charge >= 0.3 is 11.9 Å². The van der Waals surface area contributed by atoms with Crippen LogP contribution in [0.15, 0.2) is 35.6 Å². The molecule has 146 valence electrons. The minimum atomic E-state index is -1.26. The molecule has 0 aromatic carbocycles. The van der Waals surface area contributed by atoms with Crippen LogP contribution >= 0.6 is 0 Å². The predicted octanol–water partition coefficient (Wildman–Crippen LogP) is 1.61. The van der Waals surface area contributed by atoms with Crippen LogP contribution in [0.5, 0.6) is 0 Å². The number of aliphatic hydroxyl groups excluding tert-OH is 1. The third-order valence-electron chi connectivity index (χ3n) is 5.51. The third-order valence-corrected chi connectivity index (χ3v) is 5.51. The Morgan fingerprint density at radius 1 is 1.48 bits per heavy atom. The largest absolute Gasteiger partial charge is 0.479 e. The molecule has 0 spiro atoms. The fraction of sp³-hybridized carbons (Fsp3) is 0.550. The number of carbonyl (C=O) groups is 3. The molecule has 3 rings (SSSR count). The van der Waals surface area contributed by atoms with E-state index in [1.165, 1.54) is 6.08 Å². The van der Waals surface area contributed by atoms with Gasteiger partial charge in [0.1, 0.15) is 18.0 Å². The van der Waals surface area contributed by atoms with Crippen LogP contribution in [0.2, 0.25) is 0 Å². The molecule has 0 radical (unpaired) electrons. The third kappa shape index (κ3) is 3.32. The van der Waals surface area contributed by atoms with E-state index < -0.39 is 35.7 Å². The Balaban J connectivity index is 2.05. The lowest BCUT2D eigenvalue weighted by Crippen LogP contribution is -2.43. The Labute approximate surface area is 157 Å². The molecule has 1 N–H and O–H groups in total. The van der Waals surface area contributed by atoms with E-state index in [-0.39, 0.29) is 36.1 Å². The molecule has 0 aromatic heterocycles. The summed E-state index contributed by atoms with van der Waals surface area (Å²) in [6.45, 7) is 8.65. The summed E-state index contributed by atoms with van der Waals surface area (Å²) in [7, 11) is 0. The summed E-state index contributed by atoms with van der Waals surface area (Å²) in [5.41, 5.74) is -0.734. The number of esters is 2. The molecule has 7 nitrogen and oxygen atoms in total. The summed E-state index contributed by atoms with van der Waals surface area (Å²) in [6, 6.07) is 0. The van der Waals surface area contributed by atoms with Crippen molar-refractivity contribution < 1.29 is 33.7 Å². The molecular weight excluding hydrogens is 352 g/mol. The second-order valence-corrected chi connectivity index (χ2v) is 7.47. The molecule has 2 bridgehead atoms. The minimum absolute atomic E-state index is 0.0530. The Kier molecular flexibility index (Phi) is 4.99. The average Bonchev–Trinajstić information content (AvgIpc) is 3.08. The molecule has 3 heterocycles. The van der Waals surface area contributed by atoms with Gasteiger partial charge in [-0.1, -0.05) is 20.4 Å². The average molecular weight is 376 g/mol. The van der Waals surface area contributed by atoms with E-state index in [1.807, 2.05) is 6.92 Å². The Morgan fingerprint density at radius 3 is 2.81 bits per heavy atom. The number of aliphatic hydroxyl groups is 1. The summed E-state index contributed by atoms with van der Waals surface area (Å²) in [4.78, 5) is 37.1. The SMILES string of the molecule is C=C1C(=O)O[C@@H]2/C=C(/CO)C3=CC(=O)[C@@](C)(C[C@H](OC(=O)[C@H](C)CC)[C@@H]12)O3. The number of hydrogen-bond donors (Lipinski definition) is 1. The van der Waals surface area contributed by atoms with Crippen molar-refractivity contribution in [3.05, 3.63) is 35.6 Å². The molecule has 5 atom stereocenters. The van der Waals surface area contributed by atoms with Crippen LogP contribution in [0.3, 0.4) is 0 Å². The van der Waals surface area contributed by atoms with Gasteiger partial charge in [0.15, 0.2) is 5.60 Å². The smallest absolute Gasteiger partial charge is 0.334 e. The molecule has 27 heavy (non-hydrogen) atoms. The Bertz CT molecular complexity index is 762.